The van der Waals surface area contributed by atoms with E-state index in [1.54, 1.807) is 13.0 Å². The number of aromatic nitrogens is 2. The first-order valence-corrected chi connectivity index (χ1v) is 10.2. The number of aryl methyl sites for hydroxylation is 1. The fourth-order valence-corrected chi connectivity index (χ4v) is 3.54. The van der Waals surface area contributed by atoms with E-state index in [1.165, 1.54) is 22.8 Å². The van der Waals surface area contributed by atoms with Gasteiger partial charge in [0, 0.05) is 35.5 Å². The predicted molar refractivity (Wildman–Crippen MR) is 119 cm³/mol. The third-order valence-electron chi connectivity index (χ3n) is 5.07. The van der Waals surface area contributed by atoms with Crippen LogP contribution in [0.4, 0.5) is 10.1 Å². The lowest BCUT2D eigenvalue weighted by atomic mass is 10.0. The zero-order chi connectivity index (χ0) is 22.5. The van der Waals surface area contributed by atoms with Crippen molar-refractivity contribution >= 4 is 11.6 Å². The molecule has 0 aliphatic carbocycles. The summed E-state index contributed by atoms with van der Waals surface area (Å²) >= 11 is 0. The monoisotopic (exact) mass is 423 g/mol. The average molecular weight is 423 g/mol. The maximum absolute atomic E-state index is 13.8. The molecule has 0 saturated heterocycles. The molecule has 7 heteroatoms. The van der Waals surface area contributed by atoms with Crippen molar-refractivity contribution in [3.8, 4) is 11.4 Å². The highest BCUT2D eigenvalue weighted by molar-refractivity contribution is 5.91. The second-order valence-corrected chi connectivity index (χ2v) is 7.66. The molecule has 0 bridgehead atoms. The van der Waals surface area contributed by atoms with E-state index in [0.29, 0.717) is 22.5 Å². The van der Waals surface area contributed by atoms with Gasteiger partial charge in [-0.1, -0.05) is 44.2 Å². The zero-order valence-corrected chi connectivity index (χ0v) is 17.9. The number of carbonyl (C=O) groups excluding carboxylic acids is 1. The van der Waals surface area contributed by atoms with Crippen LogP contribution in [0.25, 0.3) is 11.4 Å². The summed E-state index contributed by atoms with van der Waals surface area (Å²) in [6.45, 7) is 5.22. The smallest absolute Gasteiger partial charge is 0.257 e. The Morgan fingerprint density at radius 1 is 1.19 bits per heavy atom. The van der Waals surface area contributed by atoms with Gasteiger partial charge in [-0.3, -0.25) is 14.2 Å². The summed E-state index contributed by atoms with van der Waals surface area (Å²) in [4.78, 5) is 30.5. The van der Waals surface area contributed by atoms with Crippen molar-refractivity contribution in [3.63, 3.8) is 0 Å². The number of nitrogens with zero attached hydrogens (tertiary/aromatic N) is 2. The van der Waals surface area contributed by atoms with Gasteiger partial charge in [0.15, 0.2) is 0 Å². The summed E-state index contributed by atoms with van der Waals surface area (Å²) in [6.07, 6.45) is 0.124. The average Bonchev–Trinajstić information content (AvgIpc) is 2.73. The molecule has 0 fully saturated rings. The highest BCUT2D eigenvalue weighted by Crippen LogP contribution is 2.24. The van der Waals surface area contributed by atoms with Gasteiger partial charge in [-0.25, -0.2) is 9.37 Å². The van der Waals surface area contributed by atoms with Crippen molar-refractivity contribution in [1.82, 2.24) is 9.55 Å². The van der Waals surface area contributed by atoms with Crippen LogP contribution < -0.4 is 10.9 Å². The van der Waals surface area contributed by atoms with E-state index in [-0.39, 0.29) is 31.3 Å². The van der Waals surface area contributed by atoms with Gasteiger partial charge in [0.2, 0.25) is 5.91 Å². The molecule has 0 radical (unpaired) electrons. The van der Waals surface area contributed by atoms with Crippen molar-refractivity contribution in [3.05, 3.63) is 81.5 Å². The summed E-state index contributed by atoms with van der Waals surface area (Å²) in [5.74, 6) is -0.450. The molecule has 3 rings (SSSR count). The standard InChI is InChI=1S/C24H26FN3O3/c1-15(2)19-9-4-5-10-21(19)27-22(30)14-28-23(17-7-6-8-18(25)13-17)26-16(3)20(11-12-29)24(28)31/h4-10,13,15,29H,11-12,14H2,1-3H3,(H,27,30). The number of hydrogen-bond donors (Lipinski definition) is 2. The largest absolute Gasteiger partial charge is 0.396 e. The first-order valence-electron chi connectivity index (χ1n) is 10.2. The Morgan fingerprint density at radius 3 is 2.61 bits per heavy atom. The van der Waals surface area contributed by atoms with E-state index in [2.05, 4.69) is 10.3 Å². The van der Waals surface area contributed by atoms with Gasteiger partial charge in [-0.15, -0.1) is 0 Å². The second kappa shape index (κ2) is 9.66. The van der Waals surface area contributed by atoms with Crippen LogP contribution in [-0.2, 0) is 17.8 Å². The number of carbonyl (C=O) groups is 1. The normalized spacial score (nSPS) is 11.0. The van der Waals surface area contributed by atoms with Crippen molar-refractivity contribution < 1.29 is 14.3 Å². The zero-order valence-electron chi connectivity index (χ0n) is 17.9. The van der Waals surface area contributed by atoms with Crippen LogP contribution in [0.3, 0.4) is 0 Å². The quantitative estimate of drug-likeness (QED) is 0.608. The second-order valence-electron chi connectivity index (χ2n) is 7.66. The molecule has 162 valence electrons. The van der Waals surface area contributed by atoms with E-state index >= 15 is 0 Å². The SMILES string of the molecule is Cc1nc(-c2cccc(F)c2)n(CC(=O)Nc2ccccc2C(C)C)c(=O)c1CCO. The molecule has 31 heavy (non-hydrogen) atoms. The summed E-state index contributed by atoms with van der Waals surface area (Å²) in [6, 6.07) is 13.2. The molecule has 0 aliphatic heterocycles. The number of anilines is 1. The minimum Gasteiger partial charge on any atom is -0.396 e. The Hall–Kier alpha value is -3.32. The lowest BCUT2D eigenvalue weighted by molar-refractivity contribution is -0.116. The van der Waals surface area contributed by atoms with E-state index in [4.69, 9.17) is 0 Å². The first-order chi connectivity index (χ1) is 14.8. The molecule has 0 atom stereocenters. The minimum atomic E-state index is -0.467. The molecule has 1 heterocycles. The molecule has 6 nitrogen and oxygen atoms in total. The number of amides is 1. The molecule has 0 aliphatic rings. The fraction of sp³-hybridized carbons (Fsp3) is 0.292. The van der Waals surface area contributed by atoms with E-state index in [1.807, 2.05) is 38.1 Å². The highest BCUT2D eigenvalue weighted by Gasteiger charge is 2.19. The van der Waals surface area contributed by atoms with Crippen LogP contribution in [0.5, 0.6) is 0 Å². The number of benzene rings is 2. The van der Waals surface area contributed by atoms with Gasteiger partial charge in [0.25, 0.3) is 5.56 Å². The molecular weight excluding hydrogens is 397 g/mol. The van der Waals surface area contributed by atoms with Crippen LogP contribution in [0, 0.1) is 12.7 Å². The Balaban J connectivity index is 2.04. The number of hydrogen-bond acceptors (Lipinski definition) is 4. The van der Waals surface area contributed by atoms with Gasteiger partial charge in [0.1, 0.15) is 18.2 Å². The first kappa shape index (κ1) is 22.4. The van der Waals surface area contributed by atoms with Gasteiger partial charge >= 0.3 is 0 Å². The third-order valence-corrected chi connectivity index (χ3v) is 5.07. The number of halogens is 1. The summed E-state index contributed by atoms with van der Waals surface area (Å²) in [5, 5.41) is 12.2. The number of aliphatic hydroxyl groups excluding tert-OH is 1. The minimum absolute atomic E-state index is 0.124. The van der Waals surface area contributed by atoms with Crippen molar-refractivity contribution in [2.75, 3.05) is 11.9 Å². The maximum atomic E-state index is 13.8. The number of para-hydroxylation sites is 1. The molecule has 1 aromatic heterocycles. The third kappa shape index (κ3) is 5.06. The Labute approximate surface area is 180 Å². The lowest BCUT2D eigenvalue weighted by Gasteiger charge is -2.17. The van der Waals surface area contributed by atoms with E-state index in [0.717, 1.165) is 5.56 Å². The molecule has 2 N–H and O–H groups in total. The van der Waals surface area contributed by atoms with E-state index < -0.39 is 17.3 Å². The molecule has 1 amide bonds. The van der Waals surface area contributed by atoms with Crippen LogP contribution in [0.2, 0.25) is 0 Å². The Bertz CT molecular complexity index is 1160. The summed E-state index contributed by atoms with van der Waals surface area (Å²) < 4.78 is 15.1. The Morgan fingerprint density at radius 2 is 1.94 bits per heavy atom. The van der Waals surface area contributed by atoms with Gasteiger partial charge in [0.05, 0.1) is 0 Å². The van der Waals surface area contributed by atoms with Gasteiger partial charge in [-0.05, 0) is 36.6 Å². The fourth-order valence-electron chi connectivity index (χ4n) is 3.54. The molecule has 3 aromatic rings. The van der Waals surface area contributed by atoms with E-state index in [9.17, 15) is 19.1 Å². The molecule has 0 spiro atoms. The predicted octanol–water partition coefficient (Wildman–Crippen LogP) is 3.65. The summed E-state index contributed by atoms with van der Waals surface area (Å²) in [7, 11) is 0. The topological polar surface area (TPSA) is 84.2 Å². The van der Waals surface area contributed by atoms with Crippen LogP contribution >= 0.6 is 0 Å². The van der Waals surface area contributed by atoms with Crippen LogP contribution in [0.1, 0.15) is 36.6 Å². The van der Waals surface area contributed by atoms with Crippen molar-refractivity contribution in [2.24, 2.45) is 0 Å². The molecule has 0 unspecified atom stereocenters. The molecular formula is C24H26FN3O3. The number of rotatable bonds is 7. The van der Waals surface area contributed by atoms with Crippen molar-refractivity contribution in [2.45, 2.75) is 39.7 Å². The number of nitrogens with one attached hydrogen (secondary N) is 1. The van der Waals surface area contributed by atoms with Gasteiger partial charge < -0.3 is 10.4 Å². The lowest BCUT2D eigenvalue weighted by Crippen LogP contribution is -2.33. The Kier molecular flexibility index (Phi) is 6.97. The molecule has 0 saturated carbocycles. The van der Waals surface area contributed by atoms with Crippen molar-refractivity contribution in [1.29, 1.82) is 0 Å². The summed E-state index contributed by atoms with van der Waals surface area (Å²) in [5.41, 5.74) is 2.41. The number of aliphatic hydroxyl groups is 1. The molecule has 2 aromatic carbocycles. The van der Waals surface area contributed by atoms with Crippen LogP contribution in [0.15, 0.2) is 53.3 Å². The maximum Gasteiger partial charge on any atom is 0.257 e. The highest BCUT2D eigenvalue weighted by atomic mass is 19.1. The van der Waals surface area contributed by atoms with Gasteiger partial charge in [-0.2, -0.15) is 0 Å². The van der Waals surface area contributed by atoms with Crippen LogP contribution in [-0.4, -0.2) is 27.2 Å².